The quantitative estimate of drug-likeness (QED) is 0.801. The van der Waals surface area contributed by atoms with Gasteiger partial charge >= 0.3 is 0 Å². The Morgan fingerprint density at radius 3 is 2.84 bits per heavy atom. The summed E-state index contributed by atoms with van der Waals surface area (Å²) in [5, 5.41) is 18.2. The Balaban J connectivity index is 1.92. The van der Waals surface area contributed by atoms with Gasteiger partial charge in [0.2, 0.25) is 0 Å². The lowest BCUT2D eigenvalue weighted by atomic mass is 9.94. The molecule has 0 saturated carbocycles. The first-order valence-electron chi connectivity index (χ1n) is 6.58. The number of β-amino-alcohol motifs (C(OH)–C–C–N with tert-alkyl or cyclic N) is 1. The number of halogens is 2. The number of piperidine rings is 1. The van der Waals surface area contributed by atoms with Crippen LogP contribution in [0, 0.1) is 6.92 Å². The molecule has 1 aliphatic rings. The van der Waals surface area contributed by atoms with Crippen molar-refractivity contribution >= 4 is 23.2 Å². The van der Waals surface area contributed by atoms with E-state index in [-0.39, 0.29) is 0 Å². The lowest BCUT2D eigenvalue weighted by molar-refractivity contribution is 0.0169. The van der Waals surface area contributed by atoms with Crippen molar-refractivity contribution in [1.82, 2.24) is 10.6 Å². The second kappa shape index (κ2) is 6.42. The fourth-order valence-corrected chi connectivity index (χ4v) is 3.14. The van der Waals surface area contributed by atoms with Gasteiger partial charge in [-0.2, -0.15) is 0 Å². The summed E-state index contributed by atoms with van der Waals surface area (Å²) in [4.78, 5) is 0. The molecule has 0 radical (unpaired) electrons. The molecule has 3 nitrogen and oxygen atoms in total. The molecular weight excluding hydrogens is 283 g/mol. The zero-order valence-electron chi connectivity index (χ0n) is 11.1. The monoisotopic (exact) mass is 302 g/mol. The van der Waals surface area contributed by atoms with E-state index >= 15 is 0 Å². The molecule has 0 spiro atoms. The molecule has 5 heteroatoms. The summed E-state index contributed by atoms with van der Waals surface area (Å²) in [6.45, 7) is 4.84. The lowest BCUT2D eigenvalue weighted by Gasteiger charge is -2.33. The average molecular weight is 303 g/mol. The molecule has 1 saturated heterocycles. The molecule has 1 aromatic carbocycles. The average Bonchev–Trinajstić information content (AvgIpc) is 2.33. The fourth-order valence-electron chi connectivity index (χ4n) is 2.48. The van der Waals surface area contributed by atoms with Gasteiger partial charge in [0, 0.05) is 29.7 Å². The molecule has 106 valence electrons. The number of aliphatic hydroxyl groups is 1. The summed E-state index contributed by atoms with van der Waals surface area (Å²) >= 11 is 12.1. The second-order valence-electron chi connectivity index (χ2n) is 5.29. The topological polar surface area (TPSA) is 44.3 Å². The fraction of sp³-hybridized carbons (Fsp3) is 0.571. The van der Waals surface area contributed by atoms with E-state index in [9.17, 15) is 5.11 Å². The van der Waals surface area contributed by atoms with E-state index in [1.54, 1.807) is 6.07 Å². The van der Waals surface area contributed by atoms with Gasteiger partial charge in [-0.05, 0) is 49.6 Å². The zero-order valence-corrected chi connectivity index (χ0v) is 12.6. The van der Waals surface area contributed by atoms with Crippen LogP contribution < -0.4 is 10.6 Å². The van der Waals surface area contributed by atoms with Crippen molar-refractivity contribution in [2.45, 2.75) is 31.9 Å². The summed E-state index contributed by atoms with van der Waals surface area (Å²) < 4.78 is 0. The summed E-state index contributed by atoms with van der Waals surface area (Å²) in [6.07, 6.45) is 1.85. The van der Waals surface area contributed by atoms with Crippen LogP contribution in [0.15, 0.2) is 12.1 Å². The van der Waals surface area contributed by atoms with Crippen LogP contribution in [0.5, 0.6) is 0 Å². The number of nitrogens with one attached hydrogen (secondary N) is 2. The molecule has 0 aliphatic carbocycles. The van der Waals surface area contributed by atoms with Crippen molar-refractivity contribution in [3.8, 4) is 0 Å². The minimum atomic E-state index is -0.648. The van der Waals surface area contributed by atoms with Gasteiger partial charge in [-0.3, -0.25) is 0 Å². The van der Waals surface area contributed by atoms with Crippen molar-refractivity contribution in [3.05, 3.63) is 33.3 Å². The molecule has 1 aliphatic heterocycles. The Hall–Kier alpha value is -0.320. The summed E-state index contributed by atoms with van der Waals surface area (Å²) in [5.41, 5.74) is 1.46. The number of rotatable bonds is 4. The SMILES string of the molecule is Cc1cc(Cl)cc(Cl)c1CNC[C@@]1(O)CCCNC1. The molecule has 3 N–H and O–H groups in total. The van der Waals surface area contributed by atoms with Crippen LogP contribution in [0.2, 0.25) is 10.0 Å². The van der Waals surface area contributed by atoms with E-state index in [0.29, 0.717) is 29.7 Å². The first-order valence-corrected chi connectivity index (χ1v) is 7.34. The van der Waals surface area contributed by atoms with Crippen molar-refractivity contribution < 1.29 is 5.11 Å². The van der Waals surface area contributed by atoms with Crippen LogP contribution in [-0.2, 0) is 6.54 Å². The van der Waals surface area contributed by atoms with Crippen molar-refractivity contribution in [3.63, 3.8) is 0 Å². The Kier molecular flexibility index (Phi) is 5.09. The van der Waals surface area contributed by atoms with Crippen LogP contribution in [0.1, 0.15) is 24.0 Å². The summed E-state index contributed by atoms with van der Waals surface area (Å²) in [6, 6.07) is 3.66. The van der Waals surface area contributed by atoms with Crippen LogP contribution in [-0.4, -0.2) is 30.3 Å². The van der Waals surface area contributed by atoms with Gasteiger partial charge in [0.15, 0.2) is 0 Å². The summed E-state index contributed by atoms with van der Waals surface area (Å²) in [5.74, 6) is 0. The highest BCUT2D eigenvalue weighted by Gasteiger charge is 2.28. The van der Waals surface area contributed by atoms with Crippen LogP contribution in [0.25, 0.3) is 0 Å². The molecule has 0 unspecified atom stereocenters. The predicted molar refractivity (Wildman–Crippen MR) is 80.0 cm³/mol. The van der Waals surface area contributed by atoms with Gasteiger partial charge in [0.05, 0.1) is 5.60 Å². The molecule has 2 rings (SSSR count). The third-order valence-corrected chi connectivity index (χ3v) is 4.14. The maximum absolute atomic E-state index is 10.4. The predicted octanol–water partition coefficient (Wildman–Crippen LogP) is 2.51. The molecule has 1 fully saturated rings. The Morgan fingerprint density at radius 2 is 2.21 bits per heavy atom. The number of hydrogen-bond donors (Lipinski definition) is 3. The van der Waals surface area contributed by atoms with Gasteiger partial charge in [-0.1, -0.05) is 23.2 Å². The van der Waals surface area contributed by atoms with Crippen LogP contribution in [0.3, 0.4) is 0 Å². The standard InChI is InChI=1S/C14H20Cl2N2O/c1-10-5-11(15)6-13(16)12(10)7-18-9-14(19)3-2-4-17-8-14/h5-6,17-19H,2-4,7-9H2,1H3/t14-/m1/s1. The first kappa shape index (κ1) is 15.1. The highest BCUT2D eigenvalue weighted by atomic mass is 35.5. The van der Waals surface area contributed by atoms with Crippen molar-refractivity contribution in [1.29, 1.82) is 0 Å². The molecule has 1 heterocycles. The normalized spacial score (nSPS) is 23.6. The summed E-state index contributed by atoms with van der Waals surface area (Å²) in [7, 11) is 0. The highest BCUT2D eigenvalue weighted by Crippen LogP contribution is 2.25. The van der Waals surface area contributed by atoms with Gasteiger partial charge in [0.25, 0.3) is 0 Å². The molecule has 19 heavy (non-hydrogen) atoms. The highest BCUT2D eigenvalue weighted by molar-refractivity contribution is 6.35. The zero-order chi connectivity index (χ0) is 13.9. The molecule has 1 aromatic rings. The number of aryl methyl sites for hydroxylation is 1. The van der Waals surface area contributed by atoms with Gasteiger partial charge < -0.3 is 15.7 Å². The molecule has 0 bridgehead atoms. The van der Waals surface area contributed by atoms with Crippen LogP contribution >= 0.6 is 23.2 Å². The molecule has 0 aromatic heterocycles. The van der Waals surface area contributed by atoms with Gasteiger partial charge in [-0.25, -0.2) is 0 Å². The Bertz CT molecular complexity index is 422. The minimum absolute atomic E-state index is 0.568. The third kappa shape index (κ3) is 4.07. The maximum atomic E-state index is 10.4. The maximum Gasteiger partial charge on any atom is 0.0895 e. The third-order valence-electron chi connectivity index (χ3n) is 3.59. The van der Waals surface area contributed by atoms with Crippen molar-refractivity contribution in [2.75, 3.05) is 19.6 Å². The van der Waals surface area contributed by atoms with E-state index in [2.05, 4.69) is 10.6 Å². The van der Waals surface area contributed by atoms with E-state index in [0.717, 1.165) is 30.5 Å². The molecule has 0 amide bonds. The first-order chi connectivity index (χ1) is 9.00. The Labute approximate surface area is 124 Å². The number of benzene rings is 1. The molecular formula is C14H20Cl2N2O. The minimum Gasteiger partial charge on any atom is -0.387 e. The van der Waals surface area contributed by atoms with Crippen LogP contribution in [0.4, 0.5) is 0 Å². The lowest BCUT2D eigenvalue weighted by Crippen LogP contribution is -2.51. The number of hydrogen-bond acceptors (Lipinski definition) is 3. The largest absolute Gasteiger partial charge is 0.387 e. The molecule has 1 atom stereocenters. The van der Waals surface area contributed by atoms with E-state index in [1.165, 1.54) is 0 Å². The van der Waals surface area contributed by atoms with Gasteiger partial charge in [0.1, 0.15) is 0 Å². The van der Waals surface area contributed by atoms with Crippen molar-refractivity contribution in [2.24, 2.45) is 0 Å². The van der Waals surface area contributed by atoms with Gasteiger partial charge in [-0.15, -0.1) is 0 Å². The second-order valence-corrected chi connectivity index (χ2v) is 6.13. The van der Waals surface area contributed by atoms with E-state index in [4.69, 9.17) is 23.2 Å². The van der Waals surface area contributed by atoms with E-state index < -0.39 is 5.60 Å². The Morgan fingerprint density at radius 1 is 1.42 bits per heavy atom. The van der Waals surface area contributed by atoms with E-state index in [1.807, 2.05) is 13.0 Å². The smallest absolute Gasteiger partial charge is 0.0895 e.